The molecule has 0 unspecified atom stereocenters. The van der Waals surface area contributed by atoms with Crippen LogP contribution in [0.25, 0.3) is 10.9 Å². The fraction of sp³-hybridized carbons (Fsp3) is 0.333. The van der Waals surface area contributed by atoms with Crippen molar-refractivity contribution in [1.82, 2.24) is 30.1 Å². The van der Waals surface area contributed by atoms with Crippen LogP contribution in [0.15, 0.2) is 76.9 Å². The highest BCUT2D eigenvalue weighted by Gasteiger charge is 2.34. The minimum absolute atomic E-state index is 0.119. The van der Waals surface area contributed by atoms with Crippen LogP contribution in [-0.4, -0.2) is 36.6 Å². The Bertz CT molecular complexity index is 1550. The molecule has 0 spiro atoms. The van der Waals surface area contributed by atoms with Gasteiger partial charge in [0.15, 0.2) is 5.82 Å². The number of hydrogen-bond acceptors (Lipinski definition) is 6. The molecule has 1 N–H and O–H groups in total. The highest BCUT2D eigenvalue weighted by atomic mass is 32.1. The van der Waals surface area contributed by atoms with Gasteiger partial charge in [-0.05, 0) is 84.6 Å². The van der Waals surface area contributed by atoms with E-state index in [2.05, 4.69) is 101 Å². The van der Waals surface area contributed by atoms with E-state index in [1.165, 1.54) is 10.4 Å². The Morgan fingerprint density at radius 1 is 1.08 bits per heavy atom. The lowest BCUT2D eigenvalue weighted by Crippen LogP contribution is -2.39. The molecule has 38 heavy (non-hydrogen) atoms. The van der Waals surface area contributed by atoms with Crippen LogP contribution in [0.5, 0.6) is 0 Å². The van der Waals surface area contributed by atoms with Crippen LogP contribution in [0.4, 0.5) is 0 Å². The van der Waals surface area contributed by atoms with Crippen molar-refractivity contribution in [2.75, 3.05) is 6.54 Å². The summed E-state index contributed by atoms with van der Waals surface area (Å²) in [7, 11) is 0. The van der Waals surface area contributed by atoms with Gasteiger partial charge in [-0.1, -0.05) is 55.0 Å². The van der Waals surface area contributed by atoms with Gasteiger partial charge in [-0.2, -0.15) is 0 Å². The highest BCUT2D eigenvalue weighted by molar-refractivity contribution is 7.09. The topological polar surface area (TPSA) is 79.7 Å². The summed E-state index contributed by atoms with van der Waals surface area (Å²) in [5, 5.41) is 16.2. The Morgan fingerprint density at radius 2 is 1.89 bits per heavy atom. The Balaban J connectivity index is 1.68. The minimum atomic E-state index is -0.435. The normalized spacial score (nSPS) is 12.9. The average Bonchev–Trinajstić information content (AvgIpc) is 3.61. The SMILES string of the molecule is CCC(C)(C)n1nnnc1[C@@H](c1cc2cc(C)ccc2[nH]c1=O)N(CCc1ccccc1)Cc1cccs1. The third-order valence-corrected chi connectivity index (χ3v) is 8.20. The van der Waals surface area contributed by atoms with Gasteiger partial charge < -0.3 is 4.98 Å². The molecule has 0 amide bonds. The summed E-state index contributed by atoms with van der Waals surface area (Å²) in [5.41, 5.74) is 3.43. The van der Waals surface area contributed by atoms with Gasteiger partial charge in [0.1, 0.15) is 6.04 Å². The van der Waals surface area contributed by atoms with Gasteiger partial charge >= 0.3 is 0 Å². The van der Waals surface area contributed by atoms with Crippen molar-refractivity contribution >= 4 is 22.2 Å². The molecule has 196 valence electrons. The molecule has 3 aromatic heterocycles. The molecule has 8 heteroatoms. The lowest BCUT2D eigenvalue weighted by Gasteiger charge is -2.33. The van der Waals surface area contributed by atoms with Crippen molar-refractivity contribution in [3.05, 3.63) is 110 Å². The first kappa shape index (κ1) is 26.0. The fourth-order valence-electron chi connectivity index (χ4n) is 4.81. The maximum Gasteiger partial charge on any atom is 0.253 e. The summed E-state index contributed by atoms with van der Waals surface area (Å²) in [6.07, 6.45) is 1.69. The lowest BCUT2D eigenvalue weighted by atomic mass is 9.98. The minimum Gasteiger partial charge on any atom is -0.322 e. The molecule has 0 fully saturated rings. The van der Waals surface area contributed by atoms with Crippen LogP contribution in [0, 0.1) is 6.92 Å². The van der Waals surface area contributed by atoms with Crippen molar-refractivity contribution in [2.24, 2.45) is 0 Å². The van der Waals surface area contributed by atoms with Gasteiger partial charge in [-0.3, -0.25) is 9.69 Å². The number of benzene rings is 2. The van der Waals surface area contributed by atoms with Crippen LogP contribution < -0.4 is 5.56 Å². The molecule has 5 aromatic rings. The zero-order valence-corrected chi connectivity index (χ0v) is 23.2. The maximum atomic E-state index is 13.7. The number of H-pyrrole nitrogens is 1. The molecule has 5 rings (SSSR count). The molecule has 2 aromatic carbocycles. The number of tetrazole rings is 1. The number of nitrogens with zero attached hydrogens (tertiary/aromatic N) is 5. The largest absolute Gasteiger partial charge is 0.322 e. The molecule has 0 aliphatic carbocycles. The van der Waals surface area contributed by atoms with Gasteiger partial charge in [-0.15, -0.1) is 16.4 Å². The number of aromatic nitrogens is 5. The van der Waals surface area contributed by atoms with E-state index in [4.69, 9.17) is 0 Å². The summed E-state index contributed by atoms with van der Waals surface area (Å²) in [4.78, 5) is 20.4. The molecule has 3 heterocycles. The number of pyridine rings is 1. The number of thiophene rings is 1. The molecule has 0 aliphatic rings. The Labute approximate surface area is 227 Å². The maximum absolute atomic E-state index is 13.7. The number of aryl methyl sites for hydroxylation is 1. The van der Waals surface area contributed by atoms with Crippen LogP contribution >= 0.6 is 11.3 Å². The van der Waals surface area contributed by atoms with E-state index in [9.17, 15) is 4.79 Å². The van der Waals surface area contributed by atoms with Crippen molar-refractivity contribution in [3.8, 4) is 0 Å². The molecule has 0 aliphatic heterocycles. The van der Waals surface area contributed by atoms with Crippen LogP contribution in [-0.2, 0) is 18.5 Å². The fourth-order valence-corrected chi connectivity index (χ4v) is 5.54. The van der Waals surface area contributed by atoms with Crippen LogP contribution in [0.3, 0.4) is 0 Å². The molecule has 1 atom stereocenters. The second-order valence-corrected chi connectivity index (χ2v) is 11.5. The summed E-state index contributed by atoms with van der Waals surface area (Å²) in [5.74, 6) is 0.680. The zero-order chi connectivity index (χ0) is 26.7. The Hall–Kier alpha value is -3.62. The van der Waals surface area contributed by atoms with E-state index in [0.29, 0.717) is 17.9 Å². The van der Waals surface area contributed by atoms with Gasteiger partial charge in [0, 0.05) is 29.0 Å². The number of nitrogens with one attached hydrogen (secondary N) is 1. The standard InChI is InChI=1S/C30H34N6OS/c1-5-30(3,4)36-28(32-33-34-36)27(25-19-23-18-21(2)13-14-26(23)31-29(25)37)35(20-24-12-9-17-38-24)16-15-22-10-7-6-8-11-22/h6-14,17-19,27H,5,15-16,20H2,1-4H3,(H,31,37)/t27-/m1/s1. The molecular formula is C30H34N6OS. The summed E-state index contributed by atoms with van der Waals surface area (Å²) < 4.78 is 1.90. The van der Waals surface area contributed by atoms with E-state index in [-0.39, 0.29) is 11.1 Å². The zero-order valence-electron chi connectivity index (χ0n) is 22.4. The Kier molecular flexibility index (Phi) is 7.53. The predicted molar refractivity (Wildman–Crippen MR) is 153 cm³/mol. The predicted octanol–water partition coefficient (Wildman–Crippen LogP) is 5.86. The molecule has 0 bridgehead atoms. The number of hydrogen-bond donors (Lipinski definition) is 1. The number of fused-ring (bicyclic) bond motifs is 1. The summed E-state index contributed by atoms with van der Waals surface area (Å²) in [6, 6.07) is 22.4. The number of aromatic amines is 1. The van der Waals surface area contributed by atoms with E-state index in [1.807, 2.05) is 28.9 Å². The molecule has 0 saturated heterocycles. The molecule has 7 nitrogen and oxygen atoms in total. The highest BCUT2D eigenvalue weighted by Crippen LogP contribution is 2.32. The van der Waals surface area contributed by atoms with Gasteiger partial charge in [0.25, 0.3) is 5.56 Å². The monoisotopic (exact) mass is 526 g/mol. The third kappa shape index (κ3) is 5.47. The average molecular weight is 527 g/mol. The quantitative estimate of drug-likeness (QED) is 0.246. The van der Waals surface area contributed by atoms with Gasteiger partial charge in [-0.25, -0.2) is 4.68 Å². The Morgan fingerprint density at radius 3 is 2.63 bits per heavy atom. The van der Waals surface area contributed by atoms with Crippen molar-refractivity contribution in [3.63, 3.8) is 0 Å². The first-order chi connectivity index (χ1) is 18.4. The van der Waals surface area contributed by atoms with Gasteiger partial charge in [0.05, 0.1) is 5.54 Å². The first-order valence-electron chi connectivity index (χ1n) is 13.1. The van der Waals surface area contributed by atoms with Crippen LogP contribution in [0.1, 0.15) is 60.6 Å². The number of rotatable bonds is 10. The first-order valence-corrected chi connectivity index (χ1v) is 14.0. The third-order valence-electron chi connectivity index (χ3n) is 7.33. The van der Waals surface area contributed by atoms with Gasteiger partial charge in [0.2, 0.25) is 0 Å². The van der Waals surface area contributed by atoms with Crippen molar-refractivity contribution in [2.45, 2.75) is 58.7 Å². The molecular weight excluding hydrogens is 492 g/mol. The van der Waals surface area contributed by atoms with Crippen molar-refractivity contribution in [1.29, 1.82) is 0 Å². The second kappa shape index (κ2) is 11.0. The van der Waals surface area contributed by atoms with E-state index < -0.39 is 6.04 Å². The second-order valence-electron chi connectivity index (χ2n) is 10.4. The lowest BCUT2D eigenvalue weighted by molar-refractivity contribution is 0.191. The van der Waals surface area contributed by atoms with E-state index >= 15 is 0 Å². The van der Waals surface area contributed by atoms with E-state index in [1.54, 1.807) is 11.3 Å². The van der Waals surface area contributed by atoms with E-state index in [0.717, 1.165) is 35.9 Å². The van der Waals surface area contributed by atoms with Crippen LogP contribution in [0.2, 0.25) is 0 Å². The van der Waals surface area contributed by atoms with Crippen molar-refractivity contribution < 1.29 is 0 Å². The molecule has 0 radical (unpaired) electrons. The summed E-state index contributed by atoms with van der Waals surface area (Å²) in [6.45, 7) is 9.87. The molecule has 0 saturated carbocycles. The smallest absolute Gasteiger partial charge is 0.253 e. The summed E-state index contributed by atoms with van der Waals surface area (Å²) >= 11 is 1.72.